The summed E-state index contributed by atoms with van der Waals surface area (Å²) < 4.78 is 0. The first kappa shape index (κ1) is 18.4. The van der Waals surface area contributed by atoms with Gasteiger partial charge in [-0.3, -0.25) is 4.79 Å². The van der Waals surface area contributed by atoms with Crippen LogP contribution in [0.1, 0.15) is 30.4 Å². The van der Waals surface area contributed by atoms with Crippen molar-refractivity contribution in [3.63, 3.8) is 0 Å². The first-order chi connectivity index (χ1) is 12.7. The second-order valence-corrected chi connectivity index (χ2v) is 7.44. The fourth-order valence-corrected chi connectivity index (χ4v) is 3.89. The number of carboxylic acid groups (broad SMARTS) is 1. The van der Waals surface area contributed by atoms with E-state index in [1.807, 2.05) is 18.2 Å². The highest BCUT2D eigenvalue weighted by molar-refractivity contribution is 7.08. The van der Waals surface area contributed by atoms with Crippen LogP contribution in [0.4, 0.5) is 0 Å². The van der Waals surface area contributed by atoms with Crippen LogP contribution in [-0.4, -0.2) is 11.1 Å². The Morgan fingerprint density at radius 2 is 1.58 bits per heavy atom. The number of carbonyl (C=O) groups is 1. The molecule has 2 aromatic carbocycles. The molecule has 1 atom stereocenters. The van der Waals surface area contributed by atoms with Gasteiger partial charge in [0.1, 0.15) is 0 Å². The predicted octanol–water partition coefficient (Wildman–Crippen LogP) is 6.07. The van der Waals surface area contributed by atoms with Gasteiger partial charge >= 0.3 is 5.97 Å². The highest BCUT2D eigenvalue weighted by Gasteiger charge is 2.17. The Hall–Kier alpha value is -2.39. The lowest BCUT2D eigenvalue weighted by Gasteiger charge is -2.12. The zero-order chi connectivity index (χ0) is 18.2. The summed E-state index contributed by atoms with van der Waals surface area (Å²) in [5.41, 5.74) is 4.94. The van der Waals surface area contributed by atoms with Crippen molar-refractivity contribution in [2.75, 3.05) is 0 Å². The van der Waals surface area contributed by atoms with Crippen LogP contribution in [0.3, 0.4) is 0 Å². The largest absolute Gasteiger partial charge is 0.481 e. The van der Waals surface area contributed by atoms with Crippen molar-refractivity contribution in [1.82, 2.24) is 0 Å². The SMILES string of the molecule is O=C(O)C(CCCc1ccccc1)CCc1ccc(-c2ccsc2)cc1. The quantitative estimate of drug-likeness (QED) is 0.500. The molecule has 0 aliphatic heterocycles. The number of aliphatic carboxylic acids is 1. The zero-order valence-corrected chi connectivity index (χ0v) is 15.6. The summed E-state index contributed by atoms with van der Waals surface area (Å²) in [6.07, 6.45) is 4.10. The lowest BCUT2D eigenvalue weighted by atomic mass is 9.93. The van der Waals surface area contributed by atoms with Gasteiger partial charge in [0.05, 0.1) is 5.92 Å². The van der Waals surface area contributed by atoms with Crippen LogP contribution in [0.25, 0.3) is 11.1 Å². The molecule has 26 heavy (non-hydrogen) atoms. The van der Waals surface area contributed by atoms with E-state index in [1.165, 1.54) is 22.3 Å². The summed E-state index contributed by atoms with van der Waals surface area (Å²) in [6, 6.07) is 20.9. The number of benzene rings is 2. The number of thiophene rings is 1. The first-order valence-electron chi connectivity index (χ1n) is 9.10. The van der Waals surface area contributed by atoms with E-state index in [-0.39, 0.29) is 5.92 Å². The molecule has 0 saturated carbocycles. The van der Waals surface area contributed by atoms with E-state index in [0.29, 0.717) is 6.42 Å². The molecule has 1 unspecified atom stereocenters. The molecule has 0 spiro atoms. The minimum atomic E-state index is -0.673. The molecule has 2 nitrogen and oxygen atoms in total. The van der Waals surface area contributed by atoms with Crippen molar-refractivity contribution < 1.29 is 9.90 Å². The third kappa shape index (κ3) is 5.30. The van der Waals surface area contributed by atoms with Gasteiger partial charge in [0.2, 0.25) is 0 Å². The second kappa shape index (κ2) is 9.35. The van der Waals surface area contributed by atoms with Crippen LogP contribution in [-0.2, 0) is 17.6 Å². The highest BCUT2D eigenvalue weighted by atomic mass is 32.1. The van der Waals surface area contributed by atoms with E-state index < -0.39 is 5.97 Å². The standard InChI is InChI=1S/C23H24O2S/c24-23(25)21(8-4-7-18-5-2-1-3-6-18)14-11-19-9-12-20(13-10-19)22-15-16-26-17-22/h1-3,5-6,9-10,12-13,15-17,21H,4,7-8,11,14H2,(H,24,25). The van der Waals surface area contributed by atoms with Gasteiger partial charge in [-0.1, -0.05) is 54.6 Å². The summed E-state index contributed by atoms with van der Waals surface area (Å²) >= 11 is 1.70. The van der Waals surface area contributed by atoms with Gasteiger partial charge in [-0.2, -0.15) is 11.3 Å². The van der Waals surface area contributed by atoms with Gasteiger partial charge in [-0.15, -0.1) is 0 Å². The Bertz CT molecular complexity index is 792. The number of hydrogen-bond acceptors (Lipinski definition) is 2. The molecule has 0 saturated heterocycles. The number of aryl methyl sites for hydroxylation is 2. The molecule has 134 valence electrons. The van der Waals surface area contributed by atoms with Crippen molar-refractivity contribution in [3.8, 4) is 11.1 Å². The molecule has 0 aliphatic carbocycles. The minimum Gasteiger partial charge on any atom is -0.481 e. The lowest BCUT2D eigenvalue weighted by molar-refractivity contribution is -0.142. The molecule has 3 rings (SSSR count). The summed E-state index contributed by atoms with van der Waals surface area (Å²) in [6.45, 7) is 0. The van der Waals surface area contributed by atoms with E-state index >= 15 is 0 Å². The highest BCUT2D eigenvalue weighted by Crippen LogP contribution is 2.23. The van der Waals surface area contributed by atoms with Crippen molar-refractivity contribution in [2.24, 2.45) is 5.92 Å². The van der Waals surface area contributed by atoms with E-state index in [2.05, 4.69) is 53.2 Å². The fraction of sp³-hybridized carbons (Fsp3) is 0.261. The van der Waals surface area contributed by atoms with Gasteiger partial charge in [-0.25, -0.2) is 0 Å². The van der Waals surface area contributed by atoms with Crippen LogP contribution >= 0.6 is 11.3 Å². The predicted molar refractivity (Wildman–Crippen MR) is 109 cm³/mol. The maximum atomic E-state index is 11.6. The molecule has 3 aromatic rings. The molecular weight excluding hydrogens is 340 g/mol. The molecule has 0 amide bonds. The fourth-order valence-electron chi connectivity index (χ4n) is 3.22. The molecule has 1 heterocycles. The van der Waals surface area contributed by atoms with Crippen LogP contribution in [0, 0.1) is 5.92 Å². The topological polar surface area (TPSA) is 37.3 Å². The van der Waals surface area contributed by atoms with Crippen molar-refractivity contribution in [3.05, 3.63) is 82.6 Å². The average molecular weight is 365 g/mol. The Labute approximate surface area is 159 Å². The van der Waals surface area contributed by atoms with Gasteiger partial charge in [0.25, 0.3) is 0 Å². The average Bonchev–Trinajstić information content (AvgIpc) is 3.20. The van der Waals surface area contributed by atoms with Crippen molar-refractivity contribution in [1.29, 1.82) is 0 Å². The summed E-state index contributed by atoms with van der Waals surface area (Å²) in [5, 5.41) is 13.7. The van der Waals surface area contributed by atoms with E-state index in [1.54, 1.807) is 11.3 Å². The summed E-state index contributed by atoms with van der Waals surface area (Å²) in [5.74, 6) is -0.941. The molecule has 3 heteroatoms. The summed E-state index contributed by atoms with van der Waals surface area (Å²) in [7, 11) is 0. The molecule has 0 aliphatic rings. The Kier molecular flexibility index (Phi) is 6.62. The van der Waals surface area contributed by atoms with Crippen LogP contribution in [0.2, 0.25) is 0 Å². The van der Waals surface area contributed by atoms with Crippen LogP contribution < -0.4 is 0 Å². The smallest absolute Gasteiger partial charge is 0.306 e. The second-order valence-electron chi connectivity index (χ2n) is 6.66. The van der Waals surface area contributed by atoms with E-state index in [9.17, 15) is 9.90 Å². The molecule has 1 N–H and O–H groups in total. The molecule has 0 bridgehead atoms. The van der Waals surface area contributed by atoms with Gasteiger partial charge in [-0.05, 0) is 71.2 Å². The molecule has 1 aromatic heterocycles. The van der Waals surface area contributed by atoms with Crippen molar-refractivity contribution >= 4 is 17.3 Å². The van der Waals surface area contributed by atoms with E-state index in [4.69, 9.17) is 0 Å². The maximum Gasteiger partial charge on any atom is 0.306 e. The Morgan fingerprint density at radius 1 is 0.846 bits per heavy atom. The third-order valence-electron chi connectivity index (χ3n) is 4.80. The molecule has 0 radical (unpaired) electrons. The third-order valence-corrected chi connectivity index (χ3v) is 5.48. The monoisotopic (exact) mass is 364 g/mol. The minimum absolute atomic E-state index is 0.268. The first-order valence-corrected chi connectivity index (χ1v) is 10.0. The Balaban J connectivity index is 1.49. The molecular formula is C23H24O2S. The number of carboxylic acids is 1. The number of hydrogen-bond donors (Lipinski definition) is 1. The zero-order valence-electron chi connectivity index (χ0n) is 14.8. The maximum absolute atomic E-state index is 11.6. The van der Waals surface area contributed by atoms with E-state index in [0.717, 1.165) is 25.7 Å². The summed E-state index contributed by atoms with van der Waals surface area (Å²) in [4.78, 5) is 11.6. The van der Waals surface area contributed by atoms with Crippen molar-refractivity contribution in [2.45, 2.75) is 32.1 Å². The van der Waals surface area contributed by atoms with Gasteiger partial charge in [0, 0.05) is 0 Å². The lowest BCUT2D eigenvalue weighted by Crippen LogP contribution is -2.15. The van der Waals surface area contributed by atoms with Gasteiger partial charge < -0.3 is 5.11 Å². The van der Waals surface area contributed by atoms with Crippen LogP contribution in [0.15, 0.2) is 71.4 Å². The number of rotatable bonds is 9. The Morgan fingerprint density at radius 3 is 2.23 bits per heavy atom. The normalized spacial score (nSPS) is 12.0. The van der Waals surface area contributed by atoms with Gasteiger partial charge in [0.15, 0.2) is 0 Å². The van der Waals surface area contributed by atoms with Crippen LogP contribution in [0.5, 0.6) is 0 Å². The molecule has 0 fully saturated rings.